The second kappa shape index (κ2) is 6.75. The molecule has 28 heavy (non-hydrogen) atoms. The Balaban J connectivity index is 1.91. The second-order valence-electron chi connectivity index (χ2n) is 6.05. The molecule has 0 radical (unpaired) electrons. The summed E-state index contributed by atoms with van der Waals surface area (Å²) in [7, 11) is 0. The zero-order valence-corrected chi connectivity index (χ0v) is 15.1. The van der Waals surface area contributed by atoms with Crippen LogP contribution in [0.2, 0.25) is 5.02 Å². The number of hydrogen-bond acceptors (Lipinski definition) is 4. The predicted molar refractivity (Wildman–Crippen MR) is 96.5 cm³/mol. The Kier molecular flexibility index (Phi) is 4.38. The molecular weight excluding hydrogens is 393 g/mol. The molecule has 0 aliphatic rings. The zero-order chi connectivity index (χ0) is 19.9. The highest BCUT2D eigenvalue weighted by Crippen LogP contribution is 2.38. The first-order valence-electron chi connectivity index (χ1n) is 8.11. The minimum atomic E-state index is -4.70. The number of benzene rings is 2. The van der Waals surface area contributed by atoms with Gasteiger partial charge in [0.2, 0.25) is 0 Å². The third-order valence-corrected chi connectivity index (χ3v) is 4.31. The van der Waals surface area contributed by atoms with Gasteiger partial charge in [-0.1, -0.05) is 35.4 Å². The lowest BCUT2D eigenvalue weighted by atomic mass is 10.2. The van der Waals surface area contributed by atoms with E-state index in [2.05, 4.69) is 20.6 Å². The fraction of sp³-hybridized carbons (Fsp3) is 0.111. The van der Waals surface area contributed by atoms with Crippen LogP contribution in [0.1, 0.15) is 11.3 Å². The van der Waals surface area contributed by atoms with Crippen molar-refractivity contribution < 1.29 is 13.2 Å². The molecule has 0 aliphatic heterocycles. The van der Waals surface area contributed by atoms with Crippen LogP contribution in [-0.2, 0) is 6.18 Å². The molecule has 0 unspecified atom stereocenters. The first-order chi connectivity index (χ1) is 13.3. The van der Waals surface area contributed by atoms with Gasteiger partial charge in [0.15, 0.2) is 11.5 Å². The quantitative estimate of drug-likeness (QED) is 0.504. The number of nitrogens with zero attached hydrogens (tertiary/aromatic N) is 6. The van der Waals surface area contributed by atoms with Crippen molar-refractivity contribution in [3.05, 3.63) is 71.0 Å². The lowest BCUT2D eigenvalue weighted by Crippen LogP contribution is -2.15. The monoisotopic (exact) mass is 404 g/mol. The Morgan fingerprint density at radius 1 is 0.964 bits per heavy atom. The second-order valence-corrected chi connectivity index (χ2v) is 6.48. The molecule has 10 heteroatoms. The molecule has 0 N–H and O–H groups in total. The maximum atomic E-state index is 13.9. The minimum Gasteiger partial charge on any atom is -0.228 e. The van der Waals surface area contributed by atoms with Crippen molar-refractivity contribution in [3.63, 3.8) is 0 Å². The standard InChI is InChI=1S/C18H12ClF3N6/c1-11-5-7-13(8-6-11)28-17(24-25-26-28)15-10-23-27(16(15)18(20,21)22)14-4-2-3-12(19)9-14/h2-10H,1H3. The highest BCUT2D eigenvalue weighted by molar-refractivity contribution is 6.30. The van der Waals surface area contributed by atoms with E-state index < -0.39 is 11.9 Å². The smallest absolute Gasteiger partial charge is 0.228 e. The summed E-state index contributed by atoms with van der Waals surface area (Å²) in [5, 5.41) is 15.4. The molecule has 0 atom stereocenters. The average Bonchev–Trinajstić information content (AvgIpc) is 3.28. The number of tetrazole rings is 1. The SMILES string of the molecule is Cc1ccc(-n2nnnc2-c2cnn(-c3cccc(Cl)c3)c2C(F)(F)F)cc1. The summed E-state index contributed by atoms with van der Waals surface area (Å²) in [6, 6.07) is 13.1. The summed E-state index contributed by atoms with van der Waals surface area (Å²) >= 11 is 5.93. The number of alkyl halides is 3. The summed E-state index contributed by atoms with van der Waals surface area (Å²) in [6.45, 7) is 1.90. The van der Waals surface area contributed by atoms with Crippen molar-refractivity contribution in [1.29, 1.82) is 0 Å². The molecule has 4 aromatic rings. The third kappa shape index (κ3) is 3.24. The Morgan fingerprint density at radius 2 is 1.71 bits per heavy atom. The summed E-state index contributed by atoms with van der Waals surface area (Å²) < 4.78 is 43.8. The van der Waals surface area contributed by atoms with E-state index in [0.29, 0.717) is 10.7 Å². The largest absolute Gasteiger partial charge is 0.434 e. The van der Waals surface area contributed by atoms with E-state index in [1.54, 1.807) is 24.3 Å². The van der Waals surface area contributed by atoms with E-state index in [4.69, 9.17) is 11.6 Å². The van der Waals surface area contributed by atoms with Gasteiger partial charge in [0, 0.05) is 5.02 Å². The molecule has 0 aliphatic carbocycles. The lowest BCUT2D eigenvalue weighted by Gasteiger charge is -2.13. The van der Waals surface area contributed by atoms with Gasteiger partial charge in [0.05, 0.1) is 23.1 Å². The van der Waals surface area contributed by atoms with Crippen LogP contribution < -0.4 is 0 Å². The van der Waals surface area contributed by atoms with Gasteiger partial charge in [-0.05, 0) is 47.7 Å². The summed E-state index contributed by atoms with van der Waals surface area (Å²) in [5.41, 5.74) is 0.494. The van der Waals surface area contributed by atoms with Crippen LogP contribution in [0.3, 0.4) is 0 Å². The van der Waals surface area contributed by atoms with Crippen LogP contribution in [0, 0.1) is 6.92 Å². The van der Waals surface area contributed by atoms with Crippen LogP contribution >= 0.6 is 11.6 Å². The molecular formula is C18H12ClF3N6. The van der Waals surface area contributed by atoms with E-state index in [9.17, 15) is 13.2 Å². The number of halogens is 4. The van der Waals surface area contributed by atoms with Crippen molar-refractivity contribution in [2.24, 2.45) is 0 Å². The molecule has 4 rings (SSSR count). The van der Waals surface area contributed by atoms with Gasteiger partial charge in [0.1, 0.15) is 0 Å². The van der Waals surface area contributed by atoms with Crippen LogP contribution in [0.4, 0.5) is 13.2 Å². The van der Waals surface area contributed by atoms with E-state index in [1.807, 2.05) is 19.1 Å². The summed E-state index contributed by atoms with van der Waals surface area (Å²) in [5.74, 6) is -0.0653. The van der Waals surface area contributed by atoms with E-state index in [1.165, 1.54) is 16.8 Å². The van der Waals surface area contributed by atoms with E-state index in [-0.39, 0.29) is 17.1 Å². The number of aromatic nitrogens is 6. The fourth-order valence-corrected chi connectivity index (χ4v) is 2.99. The Bertz CT molecular complexity index is 1130. The molecule has 2 aromatic heterocycles. The van der Waals surface area contributed by atoms with Gasteiger partial charge in [-0.25, -0.2) is 4.68 Å². The minimum absolute atomic E-state index is 0.0653. The first-order valence-corrected chi connectivity index (χ1v) is 8.49. The zero-order valence-electron chi connectivity index (χ0n) is 14.4. The van der Waals surface area contributed by atoms with Gasteiger partial charge < -0.3 is 0 Å². The van der Waals surface area contributed by atoms with Crippen LogP contribution in [0.15, 0.2) is 54.7 Å². The van der Waals surface area contributed by atoms with Crippen molar-refractivity contribution in [2.75, 3.05) is 0 Å². The van der Waals surface area contributed by atoms with Crippen molar-refractivity contribution >= 4 is 11.6 Å². The fourth-order valence-electron chi connectivity index (χ4n) is 2.80. The molecule has 0 fully saturated rings. The highest BCUT2D eigenvalue weighted by Gasteiger charge is 2.40. The molecule has 0 amide bonds. The molecule has 0 saturated heterocycles. The van der Waals surface area contributed by atoms with Crippen molar-refractivity contribution in [1.82, 2.24) is 30.0 Å². The van der Waals surface area contributed by atoms with E-state index >= 15 is 0 Å². The normalized spacial score (nSPS) is 11.8. The summed E-state index contributed by atoms with van der Waals surface area (Å²) in [4.78, 5) is 0. The predicted octanol–water partition coefficient (Wildman–Crippen LogP) is 4.50. The molecule has 0 spiro atoms. The Labute approximate surface area is 162 Å². The van der Waals surface area contributed by atoms with Crippen molar-refractivity contribution in [3.8, 4) is 22.8 Å². The first kappa shape index (κ1) is 18.2. The van der Waals surface area contributed by atoms with Crippen LogP contribution in [0.5, 0.6) is 0 Å². The van der Waals surface area contributed by atoms with Gasteiger partial charge >= 0.3 is 6.18 Å². The molecule has 6 nitrogen and oxygen atoms in total. The number of hydrogen-bond donors (Lipinski definition) is 0. The number of rotatable bonds is 3. The van der Waals surface area contributed by atoms with Gasteiger partial charge in [-0.2, -0.15) is 23.0 Å². The van der Waals surface area contributed by atoms with E-state index in [0.717, 1.165) is 16.4 Å². The molecule has 142 valence electrons. The Morgan fingerprint density at radius 3 is 2.39 bits per heavy atom. The molecule has 0 saturated carbocycles. The molecule has 2 aromatic carbocycles. The van der Waals surface area contributed by atoms with Gasteiger partial charge in [-0.15, -0.1) is 5.10 Å². The molecule has 0 bridgehead atoms. The molecule has 2 heterocycles. The van der Waals surface area contributed by atoms with Crippen LogP contribution in [-0.4, -0.2) is 30.0 Å². The van der Waals surface area contributed by atoms with Gasteiger partial charge in [0.25, 0.3) is 0 Å². The maximum Gasteiger partial charge on any atom is 0.434 e. The average molecular weight is 405 g/mol. The third-order valence-electron chi connectivity index (χ3n) is 4.08. The maximum absolute atomic E-state index is 13.9. The van der Waals surface area contributed by atoms with Gasteiger partial charge in [-0.3, -0.25) is 0 Å². The van der Waals surface area contributed by atoms with Crippen LogP contribution in [0.25, 0.3) is 22.8 Å². The topological polar surface area (TPSA) is 61.4 Å². The summed E-state index contributed by atoms with van der Waals surface area (Å²) in [6.07, 6.45) is -3.60. The lowest BCUT2D eigenvalue weighted by molar-refractivity contribution is -0.142. The number of aryl methyl sites for hydroxylation is 1. The highest BCUT2D eigenvalue weighted by atomic mass is 35.5. The van der Waals surface area contributed by atoms with Crippen molar-refractivity contribution in [2.45, 2.75) is 13.1 Å². The Hall–Kier alpha value is -3.20.